The fourth-order valence-electron chi connectivity index (χ4n) is 1.31. The van der Waals surface area contributed by atoms with Gasteiger partial charge in [0, 0.05) is 6.54 Å². The van der Waals surface area contributed by atoms with Gasteiger partial charge in [-0.05, 0) is 30.2 Å². The first-order valence-corrected chi connectivity index (χ1v) is 6.52. The fraction of sp³-hybridized carbons (Fsp3) is 0.455. The van der Waals surface area contributed by atoms with Gasteiger partial charge in [0.05, 0.1) is 4.90 Å². The van der Waals surface area contributed by atoms with Crippen molar-refractivity contribution in [1.82, 2.24) is 5.32 Å². The van der Waals surface area contributed by atoms with Crippen molar-refractivity contribution in [2.75, 3.05) is 6.54 Å². The van der Waals surface area contributed by atoms with E-state index in [1.165, 1.54) is 12.1 Å². The Morgan fingerprint density at radius 1 is 1.38 bits per heavy atom. The number of hydrogen-bond donors (Lipinski definition) is 1. The second-order valence-electron chi connectivity index (χ2n) is 4.11. The summed E-state index contributed by atoms with van der Waals surface area (Å²) in [5, 5.41) is 3.16. The van der Waals surface area contributed by atoms with Crippen LogP contribution in [0.1, 0.15) is 19.4 Å². The highest BCUT2D eigenvalue weighted by Gasteiger charge is 2.11. The molecule has 0 aliphatic carbocycles. The normalized spacial score (nSPS) is 12.0. The molecule has 0 aliphatic rings. The molecule has 0 heterocycles. The monoisotopic (exact) mass is 245 g/mol. The first-order chi connectivity index (χ1) is 7.39. The minimum atomic E-state index is -4.59. The van der Waals surface area contributed by atoms with Gasteiger partial charge in [-0.2, -0.15) is 8.42 Å². The first kappa shape index (κ1) is 13.1. The summed E-state index contributed by atoms with van der Waals surface area (Å²) >= 11 is 0. The lowest BCUT2D eigenvalue weighted by Crippen LogP contribution is -2.19. The Bertz CT molecular complexity index is 443. The van der Waals surface area contributed by atoms with E-state index in [1.807, 2.05) is 0 Å². The van der Waals surface area contributed by atoms with Crippen molar-refractivity contribution in [2.45, 2.75) is 25.3 Å². The average Bonchev–Trinajstić information content (AvgIpc) is 2.16. The maximum atomic E-state index is 12.7. The molecule has 0 aliphatic heterocycles. The molecular weight excluding hydrogens is 229 g/mol. The predicted octanol–water partition coefficient (Wildman–Crippen LogP) is 2.09. The van der Waals surface area contributed by atoms with Crippen LogP contribution < -0.4 is 5.32 Å². The number of rotatable bonds is 5. The molecule has 5 heteroatoms. The Labute approximate surface area is 95.9 Å². The van der Waals surface area contributed by atoms with E-state index in [2.05, 4.69) is 19.2 Å². The fourth-order valence-corrected chi connectivity index (χ4v) is 1.85. The molecule has 1 aromatic carbocycles. The van der Waals surface area contributed by atoms with Crippen LogP contribution in [0.15, 0.2) is 29.2 Å². The van der Waals surface area contributed by atoms with Crippen molar-refractivity contribution in [3.05, 3.63) is 29.8 Å². The van der Waals surface area contributed by atoms with E-state index < -0.39 is 10.2 Å². The van der Waals surface area contributed by atoms with Crippen LogP contribution in [0.2, 0.25) is 0 Å². The number of benzene rings is 1. The minimum absolute atomic E-state index is 0.281. The Balaban J connectivity index is 2.69. The van der Waals surface area contributed by atoms with Crippen molar-refractivity contribution in [1.29, 1.82) is 0 Å². The van der Waals surface area contributed by atoms with Gasteiger partial charge < -0.3 is 5.32 Å². The third kappa shape index (κ3) is 4.28. The second-order valence-corrected chi connectivity index (χ2v) is 5.46. The number of hydrogen-bond acceptors (Lipinski definition) is 3. The van der Waals surface area contributed by atoms with Crippen LogP contribution in [0.3, 0.4) is 0 Å². The zero-order chi connectivity index (χ0) is 12.2. The molecule has 0 atom stereocenters. The maximum absolute atomic E-state index is 12.7. The summed E-state index contributed by atoms with van der Waals surface area (Å²) in [7, 11) is -4.59. The van der Waals surface area contributed by atoms with E-state index in [0.29, 0.717) is 12.5 Å². The van der Waals surface area contributed by atoms with Gasteiger partial charge in [0.2, 0.25) is 0 Å². The molecule has 1 aromatic rings. The van der Waals surface area contributed by atoms with E-state index in [4.69, 9.17) is 0 Å². The van der Waals surface area contributed by atoms with Crippen LogP contribution in [-0.4, -0.2) is 15.0 Å². The molecule has 16 heavy (non-hydrogen) atoms. The van der Waals surface area contributed by atoms with Gasteiger partial charge in [-0.15, -0.1) is 3.89 Å². The molecule has 0 bridgehead atoms. The summed E-state index contributed by atoms with van der Waals surface area (Å²) in [6.45, 7) is 5.54. The minimum Gasteiger partial charge on any atom is -0.312 e. The summed E-state index contributed by atoms with van der Waals surface area (Å²) in [5.41, 5.74) is 0.763. The Morgan fingerprint density at radius 3 is 2.62 bits per heavy atom. The standard InChI is InChI=1S/C11H16FNO2S/c1-9(2)7-13-8-10-4-3-5-11(6-10)16(12,14)15/h3-6,9,13H,7-8H2,1-2H3. The van der Waals surface area contributed by atoms with Gasteiger partial charge >= 0.3 is 10.2 Å². The van der Waals surface area contributed by atoms with Crippen molar-refractivity contribution >= 4 is 10.2 Å². The highest BCUT2D eigenvalue weighted by molar-refractivity contribution is 7.86. The quantitative estimate of drug-likeness (QED) is 0.808. The van der Waals surface area contributed by atoms with Crippen LogP contribution in [0, 0.1) is 5.92 Å². The highest BCUT2D eigenvalue weighted by atomic mass is 32.3. The zero-order valence-corrected chi connectivity index (χ0v) is 10.2. The topological polar surface area (TPSA) is 46.2 Å². The molecule has 1 N–H and O–H groups in total. The molecule has 0 unspecified atom stereocenters. The van der Waals surface area contributed by atoms with Crippen LogP contribution in [0.4, 0.5) is 3.89 Å². The molecule has 0 fully saturated rings. The smallest absolute Gasteiger partial charge is 0.312 e. The Hall–Kier alpha value is -0.940. The van der Waals surface area contributed by atoms with Gasteiger partial charge in [-0.3, -0.25) is 0 Å². The lowest BCUT2D eigenvalue weighted by Gasteiger charge is -2.07. The molecule has 0 amide bonds. The summed E-state index contributed by atoms with van der Waals surface area (Å²) in [6, 6.07) is 5.91. The van der Waals surface area contributed by atoms with Crippen LogP contribution in [0.25, 0.3) is 0 Å². The van der Waals surface area contributed by atoms with E-state index in [9.17, 15) is 12.3 Å². The third-order valence-corrected chi connectivity index (χ3v) is 2.88. The summed E-state index contributed by atoms with van der Waals surface area (Å²) < 4.78 is 34.1. The molecule has 0 saturated carbocycles. The summed E-state index contributed by atoms with van der Waals surface area (Å²) in [4.78, 5) is -0.281. The van der Waals surface area contributed by atoms with Crippen molar-refractivity contribution in [3.63, 3.8) is 0 Å². The first-order valence-electron chi connectivity index (χ1n) is 5.14. The van der Waals surface area contributed by atoms with E-state index >= 15 is 0 Å². The molecule has 0 aromatic heterocycles. The Kier molecular flexibility index (Phi) is 4.44. The average molecular weight is 245 g/mol. The maximum Gasteiger partial charge on any atom is 0.332 e. The largest absolute Gasteiger partial charge is 0.332 e. The van der Waals surface area contributed by atoms with Crippen molar-refractivity contribution in [2.24, 2.45) is 5.92 Å². The summed E-state index contributed by atoms with van der Waals surface area (Å²) in [6.07, 6.45) is 0. The van der Waals surface area contributed by atoms with Gasteiger partial charge in [0.15, 0.2) is 0 Å². The van der Waals surface area contributed by atoms with Crippen LogP contribution in [0.5, 0.6) is 0 Å². The predicted molar refractivity (Wildman–Crippen MR) is 61.3 cm³/mol. The molecule has 0 radical (unpaired) electrons. The molecule has 0 spiro atoms. The zero-order valence-electron chi connectivity index (χ0n) is 9.40. The second kappa shape index (κ2) is 5.41. The van der Waals surface area contributed by atoms with Gasteiger partial charge in [0.25, 0.3) is 0 Å². The number of halogens is 1. The van der Waals surface area contributed by atoms with Gasteiger partial charge in [-0.25, -0.2) is 0 Å². The lowest BCUT2D eigenvalue weighted by atomic mass is 10.2. The lowest BCUT2D eigenvalue weighted by molar-refractivity contribution is 0.547. The Morgan fingerprint density at radius 2 is 2.06 bits per heavy atom. The molecular formula is C11H16FNO2S. The third-order valence-electron chi connectivity index (χ3n) is 2.06. The van der Waals surface area contributed by atoms with E-state index in [-0.39, 0.29) is 4.90 Å². The number of nitrogens with one attached hydrogen (secondary N) is 1. The summed E-state index contributed by atoms with van der Waals surface area (Å²) in [5.74, 6) is 0.521. The molecule has 3 nitrogen and oxygen atoms in total. The van der Waals surface area contributed by atoms with E-state index in [0.717, 1.165) is 12.1 Å². The van der Waals surface area contributed by atoms with Crippen LogP contribution >= 0.6 is 0 Å². The van der Waals surface area contributed by atoms with Crippen LogP contribution in [-0.2, 0) is 16.8 Å². The molecule has 1 rings (SSSR count). The highest BCUT2D eigenvalue weighted by Crippen LogP contribution is 2.13. The van der Waals surface area contributed by atoms with Gasteiger partial charge in [0.1, 0.15) is 0 Å². The molecule has 90 valence electrons. The van der Waals surface area contributed by atoms with Crippen molar-refractivity contribution < 1.29 is 12.3 Å². The SMILES string of the molecule is CC(C)CNCc1cccc(S(=O)(=O)F)c1. The molecule has 0 saturated heterocycles. The van der Waals surface area contributed by atoms with E-state index in [1.54, 1.807) is 12.1 Å². The van der Waals surface area contributed by atoms with Crippen molar-refractivity contribution in [3.8, 4) is 0 Å². The van der Waals surface area contributed by atoms with Gasteiger partial charge in [-0.1, -0.05) is 26.0 Å².